The van der Waals surface area contributed by atoms with E-state index in [4.69, 9.17) is 5.84 Å². The van der Waals surface area contributed by atoms with E-state index in [-0.39, 0.29) is 30.3 Å². The fourth-order valence-electron chi connectivity index (χ4n) is 1.21. The van der Waals surface area contributed by atoms with Crippen molar-refractivity contribution in [2.24, 2.45) is 5.84 Å². The number of nitrogens with two attached hydrogens (primary N) is 1. The van der Waals surface area contributed by atoms with Crippen LogP contribution in [0.2, 0.25) is 0 Å². The summed E-state index contributed by atoms with van der Waals surface area (Å²) in [5.41, 5.74) is 2.03. The number of hydrogen-bond donors (Lipinski definition) is 2. The third-order valence-corrected chi connectivity index (χ3v) is 1.94. The smallest absolute Gasteiger partial charge is 0.256 e. The van der Waals surface area contributed by atoms with Crippen molar-refractivity contribution in [2.75, 3.05) is 7.05 Å². The highest BCUT2D eigenvalue weighted by Gasteiger charge is 2.32. The van der Waals surface area contributed by atoms with E-state index in [0.717, 1.165) is 0 Å². The summed E-state index contributed by atoms with van der Waals surface area (Å²) in [5, 5.41) is 0. The Morgan fingerprint density at radius 3 is 2.67 bits per heavy atom. The van der Waals surface area contributed by atoms with Gasteiger partial charge in [0, 0.05) is 13.5 Å². The van der Waals surface area contributed by atoms with Crippen LogP contribution < -0.4 is 11.3 Å². The first-order valence-corrected chi connectivity index (χ1v) is 3.43. The number of nitrogens with zero attached hydrogens (tertiary/aromatic N) is 1. The van der Waals surface area contributed by atoms with Gasteiger partial charge >= 0.3 is 0 Å². The second-order valence-electron chi connectivity index (χ2n) is 2.57. The Morgan fingerprint density at radius 2 is 2.33 bits per heavy atom. The van der Waals surface area contributed by atoms with Gasteiger partial charge < -0.3 is 4.90 Å². The van der Waals surface area contributed by atoms with Crippen molar-refractivity contribution in [1.82, 2.24) is 10.3 Å². The molecule has 1 fully saturated rings. The van der Waals surface area contributed by atoms with Crippen LogP contribution in [0.1, 0.15) is 12.8 Å². The van der Waals surface area contributed by atoms with E-state index in [9.17, 15) is 9.59 Å². The summed E-state index contributed by atoms with van der Waals surface area (Å²) >= 11 is 0. The Hall–Kier alpha value is -0.810. The van der Waals surface area contributed by atoms with E-state index in [1.165, 1.54) is 4.90 Å². The quantitative estimate of drug-likeness (QED) is 0.319. The number of carbonyl (C=O) groups is 2. The molecule has 1 heterocycles. The standard InChI is InChI=1S/C6H11N3O2.ClH/c1-9-4(6(11)8-7)2-3-5(9)10;/h4H,2-3,7H2,1H3,(H,8,11);1H/t4-;/m1./s1. The Kier molecular flexibility index (Phi) is 3.99. The van der Waals surface area contributed by atoms with Crippen LogP contribution in [0.3, 0.4) is 0 Å². The fraction of sp³-hybridized carbons (Fsp3) is 0.667. The van der Waals surface area contributed by atoms with Crippen molar-refractivity contribution >= 4 is 24.2 Å². The Bertz CT molecular complexity index is 197. The molecule has 5 nitrogen and oxygen atoms in total. The van der Waals surface area contributed by atoms with Gasteiger partial charge in [0.25, 0.3) is 5.91 Å². The van der Waals surface area contributed by atoms with Crippen molar-refractivity contribution in [1.29, 1.82) is 0 Å². The first-order valence-electron chi connectivity index (χ1n) is 3.43. The maximum absolute atomic E-state index is 10.9. The van der Waals surface area contributed by atoms with Gasteiger partial charge in [0.2, 0.25) is 5.91 Å². The highest BCUT2D eigenvalue weighted by atomic mass is 35.5. The molecule has 0 spiro atoms. The molecule has 1 saturated heterocycles. The average Bonchev–Trinajstić information content (AvgIpc) is 2.32. The molecule has 1 aliphatic heterocycles. The van der Waals surface area contributed by atoms with Crippen LogP contribution >= 0.6 is 12.4 Å². The summed E-state index contributed by atoms with van der Waals surface area (Å²) in [6.07, 6.45) is 1.01. The number of likely N-dealkylation sites (N-methyl/N-ethyl adjacent to an activating group) is 1. The van der Waals surface area contributed by atoms with E-state index in [1.807, 2.05) is 5.43 Å². The molecule has 0 unspecified atom stereocenters. The Labute approximate surface area is 76.7 Å². The van der Waals surface area contributed by atoms with Gasteiger partial charge in [-0.1, -0.05) is 0 Å². The molecular formula is C6H12ClN3O2. The summed E-state index contributed by atoms with van der Waals surface area (Å²) in [6.45, 7) is 0. The van der Waals surface area contributed by atoms with Crippen LogP contribution in [-0.2, 0) is 9.59 Å². The number of hydrogen-bond acceptors (Lipinski definition) is 3. The normalized spacial score (nSPS) is 22.0. The lowest BCUT2D eigenvalue weighted by Gasteiger charge is -2.17. The largest absolute Gasteiger partial charge is 0.334 e. The summed E-state index contributed by atoms with van der Waals surface area (Å²) in [6, 6.07) is -0.368. The van der Waals surface area contributed by atoms with Gasteiger partial charge in [-0.15, -0.1) is 12.4 Å². The summed E-state index contributed by atoms with van der Waals surface area (Å²) in [7, 11) is 1.61. The average molecular weight is 194 g/mol. The van der Waals surface area contributed by atoms with Gasteiger partial charge in [-0.05, 0) is 6.42 Å². The number of likely N-dealkylation sites (tertiary alicyclic amines) is 1. The van der Waals surface area contributed by atoms with Gasteiger partial charge in [0.05, 0.1) is 0 Å². The van der Waals surface area contributed by atoms with Crippen molar-refractivity contribution in [3.05, 3.63) is 0 Å². The van der Waals surface area contributed by atoms with Gasteiger partial charge in [-0.25, -0.2) is 5.84 Å². The van der Waals surface area contributed by atoms with Gasteiger partial charge in [0.1, 0.15) is 6.04 Å². The number of amides is 2. The first kappa shape index (κ1) is 11.2. The fourth-order valence-corrected chi connectivity index (χ4v) is 1.21. The molecule has 0 saturated carbocycles. The van der Waals surface area contributed by atoms with Crippen molar-refractivity contribution in [3.63, 3.8) is 0 Å². The Morgan fingerprint density at radius 1 is 1.75 bits per heavy atom. The van der Waals surface area contributed by atoms with Crippen molar-refractivity contribution in [2.45, 2.75) is 18.9 Å². The molecule has 0 aliphatic carbocycles. The summed E-state index contributed by atoms with van der Waals surface area (Å²) in [4.78, 5) is 23.3. The topological polar surface area (TPSA) is 75.4 Å². The van der Waals surface area contributed by atoms with Crippen LogP contribution in [-0.4, -0.2) is 29.8 Å². The minimum Gasteiger partial charge on any atom is -0.334 e. The molecule has 6 heteroatoms. The maximum Gasteiger partial charge on any atom is 0.256 e. The van der Waals surface area contributed by atoms with Gasteiger partial charge in [-0.3, -0.25) is 15.0 Å². The molecule has 1 rings (SSSR count). The molecule has 1 aliphatic rings. The molecule has 12 heavy (non-hydrogen) atoms. The van der Waals surface area contributed by atoms with E-state index in [1.54, 1.807) is 7.05 Å². The van der Waals surface area contributed by atoms with E-state index < -0.39 is 0 Å². The van der Waals surface area contributed by atoms with Crippen LogP contribution in [0.4, 0.5) is 0 Å². The number of halogens is 1. The SMILES string of the molecule is CN1C(=O)CC[C@@H]1C(=O)NN.Cl. The number of hydrazine groups is 1. The van der Waals surface area contributed by atoms with Crippen LogP contribution in [0, 0.1) is 0 Å². The highest BCUT2D eigenvalue weighted by molar-refractivity contribution is 5.90. The second-order valence-corrected chi connectivity index (χ2v) is 2.57. The molecule has 1 atom stereocenters. The number of carbonyl (C=O) groups excluding carboxylic acids is 2. The molecule has 0 aromatic heterocycles. The zero-order valence-electron chi connectivity index (χ0n) is 6.74. The minimum absolute atomic E-state index is 0. The first-order chi connectivity index (χ1) is 5.16. The third kappa shape index (κ3) is 1.86. The molecule has 3 N–H and O–H groups in total. The van der Waals surface area contributed by atoms with Crippen molar-refractivity contribution < 1.29 is 9.59 Å². The van der Waals surface area contributed by atoms with E-state index >= 15 is 0 Å². The summed E-state index contributed by atoms with van der Waals surface area (Å²) in [5.74, 6) is 4.63. The van der Waals surface area contributed by atoms with Gasteiger partial charge in [0.15, 0.2) is 0 Å². The van der Waals surface area contributed by atoms with Crippen LogP contribution in [0.25, 0.3) is 0 Å². The van der Waals surface area contributed by atoms with Crippen LogP contribution in [0.15, 0.2) is 0 Å². The second kappa shape index (κ2) is 4.27. The molecule has 0 radical (unpaired) electrons. The molecule has 2 amide bonds. The monoisotopic (exact) mass is 193 g/mol. The van der Waals surface area contributed by atoms with Crippen molar-refractivity contribution in [3.8, 4) is 0 Å². The van der Waals surface area contributed by atoms with E-state index in [2.05, 4.69) is 0 Å². The lowest BCUT2D eigenvalue weighted by atomic mass is 10.2. The molecule has 0 bridgehead atoms. The third-order valence-electron chi connectivity index (χ3n) is 1.94. The molecular weight excluding hydrogens is 182 g/mol. The highest BCUT2D eigenvalue weighted by Crippen LogP contribution is 2.15. The van der Waals surface area contributed by atoms with Crippen LogP contribution in [0.5, 0.6) is 0 Å². The molecule has 0 aromatic rings. The van der Waals surface area contributed by atoms with Gasteiger partial charge in [-0.2, -0.15) is 0 Å². The lowest BCUT2D eigenvalue weighted by Crippen LogP contribution is -2.45. The predicted octanol–water partition coefficient (Wildman–Crippen LogP) is -0.981. The molecule has 0 aromatic carbocycles. The number of nitrogens with one attached hydrogen (secondary N) is 1. The minimum atomic E-state index is -0.368. The number of rotatable bonds is 1. The summed E-state index contributed by atoms with van der Waals surface area (Å²) < 4.78 is 0. The predicted molar refractivity (Wildman–Crippen MR) is 45.4 cm³/mol. The molecule has 70 valence electrons. The zero-order valence-corrected chi connectivity index (χ0v) is 7.56. The van der Waals surface area contributed by atoms with E-state index in [0.29, 0.717) is 12.8 Å². The maximum atomic E-state index is 10.9. The zero-order chi connectivity index (χ0) is 8.43. The lowest BCUT2D eigenvalue weighted by molar-refractivity contribution is -0.133. The Balaban J connectivity index is 0.00000121.